The molecule has 0 spiro atoms. The van der Waals surface area contributed by atoms with Gasteiger partial charge in [-0.3, -0.25) is 4.79 Å². The van der Waals surface area contributed by atoms with E-state index in [1.54, 1.807) is 13.8 Å². The van der Waals surface area contributed by atoms with E-state index in [0.717, 1.165) is 23.9 Å². The van der Waals surface area contributed by atoms with Gasteiger partial charge in [0.2, 0.25) is 0 Å². The molecule has 22 heavy (non-hydrogen) atoms. The Kier molecular flexibility index (Phi) is 4.69. The quantitative estimate of drug-likeness (QED) is 0.782. The topological polar surface area (TPSA) is 58.6 Å². The van der Waals surface area contributed by atoms with Crippen LogP contribution in [-0.2, 0) is 4.65 Å². The predicted octanol–water partition coefficient (Wildman–Crippen LogP) is 1.43. The average molecular weight is 303 g/mol. The molecular formula is C17H26BNO3. The van der Waals surface area contributed by atoms with Crippen LogP contribution in [0.15, 0.2) is 18.2 Å². The van der Waals surface area contributed by atoms with Gasteiger partial charge in [0.05, 0.1) is 11.2 Å². The fraction of sp³-hybridized carbons (Fsp3) is 0.588. The first kappa shape index (κ1) is 17.0. The minimum Gasteiger partial charge on any atom is -0.427 e. The number of carbonyl (C=O) groups excluding carboxylic acids is 1. The summed E-state index contributed by atoms with van der Waals surface area (Å²) in [6, 6.07) is 6.02. The van der Waals surface area contributed by atoms with Crippen LogP contribution >= 0.6 is 0 Å². The van der Waals surface area contributed by atoms with Crippen molar-refractivity contribution in [2.45, 2.75) is 64.7 Å². The second kappa shape index (κ2) is 6.05. The summed E-state index contributed by atoms with van der Waals surface area (Å²) < 4.78 is 5.91. The van der Waals surface area contributed by atoms with Crippen LogP contribution < -0.4 is 10.8 Å². The first-order valence-corrected chi connectivity index (χ1v) is 7.87. The Labute approximate surface area is 133 Å². The predicted molar refractivity (Wildman–Crippen MR) is 89.9 cm³/mol. The minimum atomic E-state index is -0.943. The number of aryl methyl sites for hydroxylation is 1. The van der Waals surface area contributed by atoms with E-state index in [1.165, 1.54) is 0 Å². The van der Waals surface area contributed by atoms with Crippen LogP contribution in [0.1, 0.15) is 56.5 Å². The Hall–Kier alpha value is -1.33. The van der Waals surface area contributed by atoms with Gasteiger partial charge in [0.15, 0.2) is 0 Å². The van der Waals surface area contributed by atoms with Gasteiger partial charge in [-0.15, -0.1) is 0 Å². The highest BCUT2D eigenvalue weighted by Crippen LogP contribution is 2.24. The molecule has 1 fully saturated rings. The molecule has 1 aromatic rings. The number of carbonyl (C=O) groups is 1. The van der Waals surface area contributed by atoms with Gasteiger partial charge in [0, 0.05) is 11.6 Å². The van der Waals surface area contributed by atoms with Crippen molar-refractivity contribution in [2.24, 2.45) is 0 Å². The molecule has 1 amide bonds. The molecular weight excluding hydrogens is 277 g/mol. The minimum absolute atomic E-state index is 0.0227. The fourth-order valence-electron chi connectivity index (χ4n) is 1.90. The average Bonchev–Trinajstić information content (AvgIpc) is 3.20. The summed E-state index contributed by atoms with van der Waals surface area (Å²) in [6.07, 6.45) is 2.15. The van der Waals surface area contributed by atoms with E-state index in [1.807, 2.05) is 39.0 Å². The van der Waals surface area contributed by atoms with Gasteiger partial charge in [-0.1, -0.05) is 17.7 Å². The number of aliphatic hydroxyl groups is 1. The van der Waals surface area contributed by atoms with Crippen molar-refractivity contribution in [2.75, 3.05) is 0 Å². The highest BCUT2D eigenvalue weighted by atomic mass is 16.5. The van der Waals surface area contributed by atoms with Gasteiger partial charge in [-0.05, 0) is 59.0 Å². The second-order valence-electron chi connectivity index (χ2n) is 7.25. The monoisotopic (exact) mass is 303 g/mol. The molecule has 1 saturated carbocycles. The summed E-state index contributed by atoms with van der Waals surface area (Å²) in [5.74, 6) is -0.0227. The van der Waals surface area contributed by atoms with Gasteiger partial charge in [-0.25, -0.2) is 0 Å². The summed E-state index contributed by atoms with van der Waals surface area (Å²) in [4.78, 5) is 12.1. The zero-order valence-corrected chi connectivity index (χ0v) is 14.2. The Balaban J connectivity index is 2.08. The standard InChI is InChI=1S/C17H26BNO3/c1-11-6-7-12(15(20)19-13-8-9-13)10-14(11)18-22-17(4,5)16(2,3)21/h6-7,10,13,18,21H,8-9H2,1-5H3,(H,19,20). The molecule has 0 aliphatic heterocycles. The number of nitrogens with one attached hydrogen (secondary N) is 1. The largest absolute Gasteiger partial charge is 0.427 e. The third kappa shape index (κ3) is 4.11. The molecule has 0 heterocycles. The number of benzene rings is 1. The lowest BCUT2D eigenvalue weighted by Crippen LogP contribution is -2.49. The van der Waals surface area contributed by atoms with E-state index in [0.29, 0.717) is 19.1 Å². The highest BCUT2D eigenvalue weighted by Gasteiger charge is 2.35. The Morgan fingerprint density at radius 1 is 1.32 bits per heavy atom. The van der Waals surface area contributed by atoms with E-state index in [4.69, 9.17) is 4.65 Å². The molecule has 4 nitrogen and oxygen atoms in total. The molecule has 1 aliphatic rings. The zero-order valence-electron chi connectivity index (χ0n) is 14.2. The lowest BCUT2D eigenvalue weighted by Gasteiger charge is -2.37. The normalized spacial score (nSPS) is 15.5. The van der Waals surface area contributed by atoms with Crippen LogP contribution in [0, 0.1) is 6.92 Å². The van der Waals surface area contributed by atoms with Crippen molar-refractivity contribution in [3.05, 3.63) is 29.3 Å². The molecule has 1 aliphatic carbocycles. The SMILES string of the molecule is Cc1ccc(C(=O)NC2CC2)cc1BOC(C)(C)C(C)(C)O. The van der Waals surface area contributed by atoms with Crippen molar-refractivity contribution in [1.29, 1.82) is 0 Å². The lowest BCUT2D eigenvalue weighted by molar-refractivity contribution is -0.0893. The number of hydrogen-bond acceptors (Lipinski definition) is 3. The molecule has 1 aromatic carbocycles. The Morgan fingerprint density at radius 3 is 2.50 bits per heavy atom. The first-order valence-electron chi connectivity index (χ1n) is 7.87. The third-order valence-corrected chi connectivity index (χ3v) is 4.59. The van der Waals surface area contributed by atoms with Crippen LogP contribution in [0.3, 0.4) is 0 Å². The van der Waals surface area contributed by atoms with Crippen LogP contribution in [0.5, 0.6) is 0 Å². The number of rotatable bonds is 6. The molecule has 0 aromatic heterocycles. The smallest absolute Gasteiger partial charge is 0.309 e. The maximum absolute atomic E-state index is 12.1. The molecule has 120 valence electrons. The van der Waals surface area contributed by atoms with Crippen LogP contribution in [0.2, 0.25) is 0 Å². The Morgan fingerprint density at radius 2 is 1.95 bits per heavy atom. The summed E-state index contributed by atoms with van der Waals surface area (Å²) in [7, 11) is 0.368. The van der Waals surface area contributed by atoms with Gasteiger partial charge >= 0.3 is 7.48 Å². The maximum Gasteiger partial charge on any atom is 0.309 e. The van der Waals surface area contributed by atoms with Gasteiger partial charge in [-0.2, -0.15) is 0 Å². The van der Waals surface area contributed by atoms with E-state index < -0.39 is 11.2 Å². The van der Waals surface area contributed by atoms with Crippen LogP contribution in [-0.4, -0.2) is 35.7 Å². The van der Waals surface area contributed by atoms with Gasteiger partial charge < -0.3 is 15.1 Å². The van der Waals surface area contributed by atoms with E-state index >= 15 is 0 Å². The van der Waals surface area contributed by atoms with Crippen LogP contribution in [0.4, 0.5) is 0 Å². The van der Waals surface area contributed by atoms with E-state index in [2.05, 4.69) is 5.32 Å². The summed E-state index contributed by atoms with van der Waals surface area (Å²) in [6.45, 7) is 9.20. The Bertz CT molecular complexity index is 560. The van der Waals surface area contributed by atoms with E-state index in [9.17, 15) is 9.90 Å². The first-order chi connectivity index (χ1) is 10.1. The van der Waals surface area contributed by atoms with Gasteiger partial charge in [0.25, 0.3) is 5.91 Å². The molecule has 2 N–H and O–H groups in total. The summed E-state index contributed by atoms with van der Waals surface area (Å²) >= 11 is 0. The lowest BCUT2D eigenvalue weighted by atomic mass is 9.80. The molecule has 2 rings (SSSR count). The van der Waals surface area contributed by atoms with Crippen molar-refractivity contribution in [3.8, 4) is 0 Å². The van der Waals surface area contributed by atoms with Crippen molar-refractivity contribution >= 4 is 18.9 Å². The van der Waals surface area contributed by atoms with E-state index in [-0.39, 0.29) is 5.91 Å². The van der Waals surface area contributed by atoms with Crippen molar-refractivity contribution in [1.82, 2.24) is 5.32 Å². The summed E-state index contributed by atoms with van der Waals surface area (Å²) in [5.41, 5.74) is 1.10. The second-order valence-corrected chi connectivity index (χ2v) is 7.25. The molecule has 0 unspecified atom stereocenters. The maximum atomic E-state index is 12.1. The third-order valence-electron chi connectivity index (χ3n) is 4.59. The molecule has 0 radical (unpaired) electrons. The molecule has 5 heteroatoms. The van der Waals surface area contributed by atoms with Crippen LogP contribution in [0.25, 0.3) is 0 Å². The molecule has 0 bridgehead atoms. The summed E-state index contributed by atoms with van der Waals surface area (Å²) in [5, 5.41) is 13.1. The van der Waals surface area contributed by atoms with Crippen molar-refractivity contribution < 1.29 is 14.6 Å². The van der Waals surface area contributed by atoms with Crippen molar-refractivity contribution in [3.63, 3.8) is 0 Å². The number of amides is 1. The van der Waals surface area contributed by atoms with Gasteiger partial charge in [0.1, 0.15) is 0 Å². The molecule has 0 atom stereocenters. The fourth-order valence-corrected chi connectivity index (χ4v) is 1.90. The zero-order chi connectivity index (χ0) is 16.5. The number of hydrogen-bond donors (Lipinski definition) is 2. The highest BCUT2D eigenvalue weighted by molar-refractivity contribution is 6.48. The molecule has 0 saturated heterocycles.